The Morgan fingerprint density at radius 3 is 2.60 bits per heavy atom. The van der Waals surface area contributed by atoms with Gasteiger partial charge < -0.3 is 20.1 Å². The summed E-state index contributed by atoms with van der Waals surface area (Å²) in [4.78, 5) is 7.17. The van der Waals surface area contributed by atoms with E-state index in [2.05, 4.69) is 26.3 Å². The largest absolute Gasteiger partial charge is 0.496 e. The van der Waals surface area contributed by atoms with Crippen molar-refractivity contribution in [3.8, 4) is 5.75 Å². The number of aliphatic imine (C=N–C) groups is 1. The third-order valence-corrected chi connectivity index (χ3v) is 4.87. The van der Waals surface area contributed by atoms with E-state index >= 15 is 0 Å². The van der Waals surface area contributed by atoms with Crippen LogP contribution in [-0.2, 0) is 4.74 Å². The number of nitrogens with one attached hydrogen (secondary N) is 2. The van der Waals surface area contributed by atoms with Crippen molar-refractivity contribution < 1.29 is 22.6 Å². The lowest BCUT2D eigenvalue weighted by Gasteiger charge is -2.28. The first-order valence-corrected chi connectivity index (χ1v) is 10.5. The standard InChI is InChI=1S/C21H33F3N4O2/c1-3-25-20(26-11-8-14-30-16-21(22,23)24)27-15-18(28-12-6-7-13-28)17-9-4-5-10-19(17)29-2/h4-5,9-10,18H,3,6-8,11-16H2,1-2H3,(H2,25,26,27). The number of halogens is 3. The molecule has 1 aromatic carbocycles. The first-order chi connectivity index (χ1) is 14.4. The summed E-state index contributed by atoms with van der Waals surface area (Å²) in [6.07, 6.45) is -1.48. The quantitative estimate of drug-likeness (QED) is 0.320. The number of hydrogen-bond acceptors (Lipinski definition) is 4. The highest BCUT2D eigenvalue weighted by Crippen LogP contribution is 2.31. The van der Waals surface area contributed by atoms with Crippen LogP contribution in [0, 0.1) is 0 Å². The van der Waals surface area contributed by atoms with E-state index in [1.54, 1.807) is 7.11 Å². The molecule has 6 nitrogen and oxygen atoms in total. The van der Waals surface area contributed by atoms with E-state index in [0.29, 0.717) is 32.0 Å². The van der Waals surface area contributed by atoms with Gasteiger partial charge in [0, 0.05) is 25.3 Å². The smallest absolute Gasteiger partial charge is 0.411 e. The SMILES string of the molecule is CCNC(=NCC(c1ccccc1OC)N1CCCC1)NCCCOCC(F)(F)F. The minimum atomic E-state index is -4.28. The maximum atomic E-state index is 12.1. The van der Waals surface area contributed by atoms with Gasteiger partial charge in [-0.2, -0.15) is 13.2 Å². The van der Waals surface area contributed by atoms with Gasteiger partial charge in [-0.25, -0.2) is 0 Å². The van der Waals surface area contributed by atoms with Crippen molar-refractivity contribution in [3.63, 3.8) is 0 Å². The van der Waals surface area contributed by atoms with E-state index in [-0.39, 0.29) is 12.6 Å². The predicted octanol–water partition coefficient (Wildman–Crippen LogP) is 3.36. The second kappa shape index (κ2) is 12.6. The molecule has 0 aliphatic carbocycles. The molecular formula is C21H33F3N4O2. The molecule has 1 atom stereocenters. The van der Waals surface area contributed by atoms with Crippen molar-refractivity contribution in [1.29, 1.82) is 0 Å². The maximum absolute atomic E-state index is 12.1. The topological polar surface area (TPSA) is 58.1 Å². The first kappa shape index (κ1) is 24.3. The molecule has 2 N–H and O–H groups in total. The number of rotatable bonds is 11. The van der Waals surface area contributed by atoms with Gasteiger partial charge in [0.05, 0.1) is 19.7 Å². The zero-order valence-electron chi connectivity index (χ0n) is 17.8. The van der Waals surface area contributed by atoms with Crippen LogP contribution in [0.5, 0.6) is 5.75 Å². The van der Waals surface area contributed by atoms with Crippen LogP contribution in [-0.4, -0.2) is 70.1 Å². The fraction of sp³-hybridized carbons (Fsp3) is 0.667. The maximum Gasteiger partial charge on any atom is 0.411 e. The van der Waals surface area contributed by atoms with Gasteiger partial charge in [-0.05, 0) is 45.3 Å². The van der Waals surface area contributed by atoms with Crippen LogP contribution in [0.25, 0.3) is 0 Å². The molecule has 0 bridgehead atoms. The van der Waals surface area contributed by atoms with Crippen molar-refractivity contribution in [2.45, 2.75) is 38.4 Å². The van der Waals surface area contributed by atoms with Crippen LogP contribution in [0.1, 0.15) is 37.8 Å². The molecule has 1 aliphatic heterocycles. The lowest BCUT2D eigenvalue weighted by molar-refractivity contribution is -0.173. The predicted molar refractivity (Wildman–Crippen MR) is 112 cm³/mol. The van der Waals surface area contributed by atoms with E-state index in [4.69, 9.17) is 9.73 Å². The monoisotopic (exact) mass is 430 g/mol. The van der Waals surface area contributed by atoms with Crippen molar-refractivity contribution in [2.75, 3.05) is 53.0 Å². The van der Waals surface area contributed by atoms with Crippen molar-refractivity contribution in [1.82, 2.24) is 15.5 Å². The fourth-order valence-electron chi connectivity index (χ4n) is 3.49. The molecule has 0 amide bonds. The Balaban J connectivity index is 1.96. The zero-order valence-corrected chi connectivity index (χ0v) is 17.8. The van der Waals surface area contributed by atoms with Gasteiger partial charge in [0.1, 0.15) is 12.4 Å². The van der Waals surface area contributed by atoms with Crippen LogP contribution in [0.3, 0.4) is 0 Å². The molecule has 1 aliphatic rings. The molecule has 9 heteroatoms. The summed E-state index contributed by atoms with van der Waals surface area (Å²) in [5.74, 6) is 1.50. The van der Waals surface area contributed by atoms with Crippen molar-refractivity contribution in [2.24, 2.45) is 4.99 Å². The van der Waals surface area contributed by atoms with Gasteiger partial charge >= 0.3 is 6.18 Å². The summed E-state index contributed by atoms with van der Waals surface area (Å²) >= 11 is 0. The Morgan fingerprint density at radius 1 is 1.20 bits per heavy atom. The summed E-state index contributed by atoms with van der Waals surface area (Å²) in [5.41, 5.74) is 1.11. The summed E-state index contributed by atoms with van der Waals surface area (Å²) < 4.78 is 46.5. The average Bonchev–Trinajstić information content (AvgIpc) is 3.24. The lowest BCUT2D eigenvalue weighted by Crippen LogP contribution is -2.39. The fourth-order valence-corrected chi connectivity index (χ4v) is 3.49. The van der Waals surface area contributed by atoms with E-state index < -0.39 is 12.8 Å². The Labute approximate surface area is 176 Å². The van der Waals surface area contributed by atoms with Crippen LogP contribution >= 0.6 is 0 Å². The minimum Gasteiger partial charge on any atom is -0.496 e. The Hall–Kier alpha value is -2.00. The first-order valence-electron chi connectivity index (χ1n) is 10.5. The summed E-state index contributed by atoms with van der Waals surface area (Å²) in [6.45, 7) is 4.59. The van der Waals surface area contributed by atoms with Gasteiger partial charge in [-0.3, -0.25) is 9.89 Å². The van der Waals surface area contributed by atoms with Crippen LogP contribution in [0.15, 0.2) is 29.3 Å². The number of methoxy groups -OCH3 is 1. The van der Waals surface area contributed by atoms with E-state index in [0.717, 1.165) is 24.4 Å². The molecule has 30 heavy (non-hydrogen) atoms. The minimum absolute atomic E-state index is 0.0452. The highest BCUT2D eigenvalue weighted by molar-refractivity contribution is 5.79. The van der Waals surface area contributed by atoms with E-state index in [1.165, 1.54) is 12.8 Å². The van der Waals surface area contributed by atoms with E-state index in [9.17, 15) is 13.2 Å². The molecule has 1 saturated heterocycles. The van der Waals surface area contributed by atoms with Gasteiger partial charge in [-0.1, -0.05) is 18.2 Å². The number of nitrogens with zero attached hydrogens (tertiary/aromatic N) is 2. The molecule has 170 valence electrons. The Morgan fingerprint density at radius 2 is 1.93 bits per heavy atom. The number of alkyl halides is 3. The third kappa shape index (κ3) is 8.39. The Bertz CT molecular complexity index is 649. The average molecular weight is 431 g/mol. The Kier molecular flexibility index (Phi) is 10.2. The molecule has 0 saturated carbocycles. The number of benzene rings is 1. The number of hydrogen-bond donors (Lipinski definition) is 2. The van der Waals surface area contributed by atoms with Gasteiger partial charge in [0.15, 0.2) is 5.96 Å². The molecule has 1 aromatic rings. The normalized spacial score (nSPS) is 16.5. The highest BCUT2D eigenvalue weighted by Gasteiger charge is 2.27. The van der Waals surface area contributed by atoms with Crippen molar-refractivity contribution >= 4 is 5.96 Å². The number of likely N-dealkylation sites (tertiary alicyclic amines) is 1. The summed E-state index contributed by atoms with van der Waals surface area (Å²) in [6, 6.07) is 8.12. The van der Waals surface area contributed by atoms with Gasteiger partial charge in [0.2, 0.25) is 0 Å². The van der Waals surface area contributed by atoms with Crippen LogP contribution < -0.4 is 15.4 Å². The zero-order chi connectivity index (χ0) is 21.8. The summed E-state index contributed by atoms with van der Waals surface area (Å²) in [7, 11) is 1.68. The van der Waals surface area contributed by atoms with Crippen molar-refractivity contribution in [3.05, 3.63) is 29.8 Å². The molecule has 1 heterocycles. The molecule has 0 radical (unpaired) electrons. The number of ether oxygens (including phenoxy) is 2. The van der Waals surface area contributed by atoms with Crippen LogP contribution in [0.2, 0.25) is 0 Å². The molecule has 0 aromatic heterocycles. The molecule has 1 unspecified atom stereocenters. The molecule has 0 spiro atoms. The second-order valence-corrected chi connectivity index (χ2v) is 7.17. The number of para-hydroxylation sites is 1. The van der Waals surface area contributed by atoms with E-state index in [1.807, 2.05) is 25.1 Å². The number of guanidine groups is 1. The van der Waals surface area contributed by atoms with Gasteiger partial charge in [-0.15, -0.1) is 0 Å². The highest BCUT2D eigenvalue weighted by atomic mass is 19.4. The second-order valence-electron chi connectivity index (χ2n) is 7.17. The molecular weight excluding hydrogens is 397 g/mol. The molecule has 2 rings (SSSR count). The molecule has 1 fully saturated rings. The summed E-state index contributed by atoms with van der Waals surface area (Å²) in [5, 5.41) is 6.36. The lowest BCUT2D eigenvalue weighted by atomic mass is 10.0. The van der Waals surface area contributed by atoms with Crippen LogP contribution in [0.4, 0.5) is 13.2 Å². The third-order valence-electron chi connectivity index (χ3n) is 4.87. The van der Waals surface area contributed by atoms with Gasteiger partial charge in [0.25, 0.3) is 0 Å².